The first kappa shape index (κ1) is 23.3. The summed E-state index contributed by atoms with van der Waals surface area (Å²) in [5.74, 6) is 1.65. The number of carboxylic acid groups (broad SMARTS) is 1. The fourth-order valence-electron chi connectivity index (χ4n) is 4.88. The molecule has 0 spiro atoms. The van der Waals surface area contributed by atoms with Crippen molar-refractivity contribution in [3.8, 4) is 5.75 Å². The summed E-state index contributed by atoms with van der Waals surface area (Å²) >= 11 is 0. The molecular weight excluding hydrogens is 436 g/mol. The number of anilines is 1. The minimum absolute atomic E-state index is 0.0823. The van der Waals surface area contributed by atoms with E-state index < -0.39 is 6.03 Å². The Bertz CT molecular complexity index is 1150. The van der Waals surface area contributed by atoms with Crippen molar-refractivity contribution in [2.45, 2.75) is 57.2 Å². The molecule has 2 aliphatic rings. The number of nitrogens with one attached hydrogen (secondary N) is 1. The Hall–Kier alpha value is -3.82. The van der Waals surface area contributed by atoms with Crippen LogP contribution in [0, 0.1) is 0 Å². The molecule has 1 aliphatic heterocycles. The van der Waals surface area contributed by atoms with Crippen LogP contribution in [0.2, 0.25) is 0 Å². The predicted molar refractivity (Wildman–Crippen MR) is 127 cm³/mol. The molecular formula is C24H30N6O4. The number of nitrogens with zero attached hydrogens (tertiary/aromatic N) is 4. The van der Waals surface area contributed by atoms with Gasteiger partial charge in [0.2, 0.25) is 5.95 Å². The molecule has 1 aliphatic carbocycles. The Labute approximate surface area is 197 Å². The van der Waals surface area contributed by atoms with Crippen molar-refractivity contribution in [2.75, 3.05) is 11.4 Å². The minimum Gasteiger partial charge on any atom is -0.484 e. The number of benzene rings is 1. The van der Waals surface area contributed by atoms with Crippen LogP contribution in [0.3, 0.4) is 0 Å². The number of pyridine rings is 1. The molecule has 180 valence electrons. The molecule has 4 N–H and O–H groups in total. The van der Waals surface area contributed by atoms with E-state index in [4.69, 9.17) is 20.4 Å². The van der Waals surface area contributed by atoms with E-state index in [1.807, 2.05) is 40.9 Å². The molecule has 1 fully saturated rings. The van der Waals surface area contributed by atoms with Crippen molar-refractivity contribution >= 4 is 24.1 Å². The van der Waals surface area contributed by atoms with Gasteiger partial charge in [0.15, 0.2) is 5.65 Å². The highest BCUT2D eigenvalue weighted by Crippen LogP contribution is 2.39. The molecule has 0 saturated carbocycles. The van der Waals surface area contributed by atoms with Crippen LogP contribution in [0.4, 0.5) is 10.7 Å². The van der Waals surface area contributed by atoms with Crippen molar-refractivity contribution < 1.29 is 19.4 Å². The Morgan fingerprint density at radius 3 is 2.65 bits per heavy atom. The van der Waals surface area contributed by atoms with Gasteiger partial charge in [0.25, 0.3) is 6.47 Å². The molecule has 10 heteroatoms. The van der Waals surface area contributed by atoms with Gasteiger partial charge >= 0.3 is 6.03 Å². The third-order valence-electron chi connectivity index (χ3n) is 6.45. The Morgan fingerprint density at radius 2 is 1.91 bits per heavy atom. The third-order valence-corrected chi connectivity index (χ3v) is 6.45. The summed E-state index contributed by atoms with van der Waals surface area (Å²) in [7, 11) is 0. The van der Waals surface area contributed by atoms with Crippen LogP contribution in [0.1, 0.15) is 62.3 Å². The number of fused-ring (bicyclic) bond motifs is 2. The number of hydrogen-bond acceptors (Lipinski definition) is 6. The fourth-order valence-corrected chi connectivity index (χ4v) is 4.88. The Kier molecular flexibility index (Phi) is 7.15. The van der Waals surface area contributed by atoms with Crippen molar-refractivity contribution in [1.29, 1.82) is 0 Å². The zero-order valence-electron chi connectivity index (χ0n) is 19.1. The van der Waals surface area contributed by atoms with Crippen LogP contribution in [0.25, 0.3) is 5.65 Å². The molecule has 1 aromatic carbocycles. The number of carbonyl (C=O) groups is 2. The van der Waals surface area contributed by atoms with Gasteiger partial charge in [-0.2, -0.15) is 0 Å². The maximum Gasteiger partial charge on any atom is 0.312 e. The maximum atomic E-state index is 11.4. The second-order valence-corrected chi connectivity index (χ2v) is 8.61. The van der Waals surface area contributed by atoms with Gasteiger partial charge < -0.3 is 25.8 Å². The standard InChI is InChI=1S/C23H28N6O2.CH2O2/c1-15-6-4-5-13-28(15)23-27-26-21-12-9-16(14-29(21)23)31-20-11-10-19(25-22(24)30)17-7-2-3-8-18(17)20;2-1-3/h2-3,7-9,12,14-15,19-20H,4-6,10-11,13H2,1H3,(H3,24,25,30);1H,(H,2,3)/t15-,19?,20?;/m0./s1. The number of hydrogen-bond donors (Lipinski definition) is 3. The summed E-state index contributed by atoms with van der Waals surface area (Å²) in [6.07, 6.45) is 7.07. The number of rotatable bonds is 4. The van der Waals surface area contributed by atoms with E-state index in [0.29, 0.717) is 6.04 Å². The van der Waals surface area contributed by atoms with E-state index in [1.165, 1.54) is 19.3 Å². The number of ether oxygens (including phenoxy) is 1. The van der Waals surface area contributed by atoms with Gasteiger partial charge in [-0.25, -0.2) is 4.79 Å². The highest BCUT2D eigenvalue weighted by Gasteiger charge is 2.29. The molecule has 10 nitrogen and oxygen atoms in total. The normalized spacial score (nSPS) is 21.7. The Morgan fingerprint density at radius 1 is 1.15 bits per heavy atom. The van der Waals surface area contributed by atoms with Crippen molar-refractivity contribution in [3.05, 3.63) is 53.7 Å². The molecule has 2 unspecified atom stereocenters. The number of nitrogens with two attached hydrogens (primary N) is 1. The topological polar surface area (TPSA) is 135 Å². The van der Waals surface area contributed by atoms with E-state index >= 15 is 0 Å². The van der Waals surface area contributed by atoms with Crippen LogP contribution < -0.4 is 20.7 Å². The summed E-state index contributed by atoms with van der Waals surface area (Å²) < 4.78 is 8.47. The summed E-state index contributed by atoms with van der Waals surface area (Å²) in [6.45, 7) is 2.99. The van der Waals surface area contributed by atoms with Crippen molar-refractivity contribution in [2.24, 2.45) is 5.73 Å². The van der Waals surface area contributed by atoms with Crippen LogP contribution in [-0.4, -0.2) is 44.8 Å². The number of amides is 2. The van der Waals surface area contributed by atoms with E-state index in [2.05, 4.69) is 33.4 Å². The second kappa shape index (κ2) is 10.4. The van der Waals surface area contributed by atoms with Gasteiger partial charge in [-0.15, -0.1) is 10.2 Å². The van der Waals surface area contributed by atoms with Gasteiger partial charge in [0.05, 0.1) is 12.2 Å². The lowest BCUT2D eigenvalue weighted by atomic mass is 9.85. The van der Waals surface area contributed by atoms with Crippen LogP contribution in [-0.2, 0) is 4.79 Å². The van der Waals surface area contributed by atoms with Gasteiger partial charge in [0, 0.05) is 12.6 Å². The van der Waals surface area contributed by atoms with Gasteiger partial charge in [-0.3, -0.25) is 9.20 Å². The second-order valence-electron chi connectivity index (χ2n) is 8.61. The smallest absolute Gasteiger partial charge is 0.312 e. The van der Waals surface area contributed by atoms with E-state index in [9.17, 15) is 4.79 Å². The number of carbonyl (C=O) groups excluding carboxylic acids is 1. The largest absolute Gasteiger partial charge is 0.484 e. The van der Waals surface area contributed by atoms with Crippen molar-refractivity contribution in [1.82, 2.24) is 19.9 Å². The maximum absolute atomic E-state index is 11.4. The van der Waals surface area contributed by atoms with E-state index in [0.717, 1.165) is 47.9 Å². The minimum atomic E-state index is -0.503. The first-order valence-electron chi connectivity index (χ1n) is 11.5. The summed E-state index contributed by atoms with van der Waals surface area (Å²) in [6, 6.07) is 11.8. The summed E-state index contributed by atoms with van der Waals surface area (Å²) in [4.78, 5) is 22.1. The average molecular weight is 467 g/mol. The molecule has 3 atom stereocenters. The molecule has 2 amide bonds. The lowest BCUT2D eigenvalue weighted by molar-refractivity contribution is -0.122. The Balaban J connectivity index is 0.000000868. The van der Waals surface area contributed by atoms with E-state index in [-0.39, 0.29) is 18.6 Å². The molecule has 5 rings (SSSR count). The lowest BCUT2D eigenvalue weighted by Crippen LogP contribution is -2.38. The molecule has 3 heterocycles. The highest BCUT2D eigenvalue weighted by atomic mass is 16.5. The lowest BCUT2D eigenvalue weighted by Gasteiger charge is -2.33. The molecule has 3 aromatic rings. The molecule has 34 heavy (non-hydrogen) atoms. The average Bonchev–Trinajstić information content (AvgIpc) is 3.24. The monoisotopic (exact) mass is 466 g/mol. The molecule has 2 aromatic heterocycles. The van der Waals surface area contributed by atoms with Crippen LogP contribution in [0.15, 0.2) is 42.6 Å². The van der Waals surface area contributed by atoms with Crippen LogP contribution >= 0.6 is 0 Å². The van der Waals surface area contributed by atoms with Crippen molar-refractivity contribution in [3.63, 3.8) is 0 Å². The summed E-state index contributed by atoms with van der Waals surface area (Å²) in [5, 5.41) is 18.6. The zero-order chi connectivity index (χ0) is 24.1. The quantitative estimate of drug-likeness (QED) is 0.501. The van der Waals surface area contributed by atoms with Crippen LogP contribution in [0.5, 0.6) is 5.75 Å². The highest BCUT2D eigenvalue weighted by molar-refractivity contribution is 5.72. The molecule has 0 radical (unpaired) electrons. The first-order valence-corrected chi connectivity index (χ1v) is 11.5. The predicted octanol–water partition coefficient (Wildman–Crippen LogP) is 3.43. The van der Waals surface area contributed by atoms with Gasteiger partial charge in [-0.05, 0) is 62.3 Å². The van der Waals surface area contributed by atoms with Gasteiger partial charge in [0.1, 0.15) is 11.9 Å². The number of aromatic nitrogens is 3. The number of urea groups is 1. The first-order chi connectivity index (χ1) is 16.5. The zero-order valence-corrected chi connectivity index (χ0v) is 19.1. The van der Waals surface area contributed by atoms with Gasteiger partial charge in [-0.1, -0.05) is 24.3 Å². The molecule has 1 saturated heterocycles. The number of primary amides is 1. The molecule has 0 bridgehead atoms. The SMILES string of the molecule is C[C@H]1CCCCN1c1nnc2ccc(OC3CCC(NC(N)=O)c4ccccc43)cn12.O=CO. The summed E-state index contributed by atoms with van der Waals surface area (Å²) in [5.41, 5.74) is 8.33. The third kappa shape index (κ3) is 4.90. The van der Waals surface area contributed by atoms with E-state index in [1.54, 1.807) is 0 Å². The number of piperidine rings is 1. The fraction of sp³-hybridized carbons (Fsp3) is 0.417.